The molecular weight excluding hydrogens is 244 g/mol. The first-order valence-electron chi connectivity index (χ1n) is 5.41. The van der Waals surface area contributed by atoms with Gasteiger partial charge in [-0.15, -0.1) is 0 Å². The van der Waals surface area contributed by atoms with Gasteiger partial charge in [0.1, 0.15) is 0 Å². The Hall–Kier alpha value is -1.26. The highest BCUT2D eigenvalue weighted by Crippen LogP contribution is 2.47. The maximum absolute atomic E-state index is 10.9. The van der Waals surface area contributed by atoms with Crippen molar-refractivity contribution in [2.75, 3.05) is 6.79 Å². The van der Waals surface area contributed by atoms with Crippen LogP contribution in [-0.2, 0) is 6.42 Å². The molecule has 0 amide bonds. The van der Waals surface area contributed by atoms with E-state index in [9.17, 15) is 9.90 Å². The summed E-state index contributed by atoms with van der Waals surface area (Å²) in [4.78, 5) is 10.9. The van der Waals surface area contributed by atoms with E-state index in [0.29, 0.717) is 34.8 Å². The van der Waals surface area contributed by atoms with Crippen molar-refractivity contribution in [3.63, 3.8) is 0 Å². The number of benzene rings is 1. The molecule has 1 aromatic rings. The van der Waals surface area contributed by atoms with E-state index in [0.717, 1.165) is 18.4 Å². The number of carbonyl (C=O) groups is 1. The average Bonchev–Trinajstić information content (AvgIpc) is 2.85. The first-order valence-corrected chi connectivity index (χ1v) is 5.79. The van der Waals surface area contributed by atoms with Gasteiger partial charge in [0.05, 0.1) is 11.2 Å². The number of hydrogen-bond donors (Lipinski definition) is 1. The van der Waals surface area contributed by atoms with E-state index < -0.39 is 5.60 Å². The molecule has 0 radical (unpaired) electrons. The lowest BCUT2D eigenvalue weighted by molar-refractivity contribution is 0.111. The van der Waals surface area contributed by atoms with Crippen molar-refractivity contribution < 1.29 is 19.4 Å². The molecule has 4 nitrogen and oxygen atoms in total. The monoisotopic (exact) mass is 254 g/mol. The largest absolute Gasteiger partial charge is 0.453 e. The Morgan fingerprint density at radius 1 is 1.41 bits per heavy atom. The Bertz CT molecular complexity index is 494. The van der Waals surface area contributed by atoms with Crippen LogP contribution >= 0.6 is 11.6 Å². The first-order chi connectivity index (χ1) is 8.13. The number of hydrogen-bond acceptors (Lipinski definition) is 4. The second-order valence-electron chi connectivity index (χ2n) is 4.51. The van der Waals surface area contributed by atoms with Gasteiger partial charge < -0.3 is 14.6 Å². The topological polar surface area (TPSA) is 55.8 Å². The zero-order chi connectivity index (χ0) is 12.0. The predicted octanol–water partition coefficient (Wildman–Crippen LogP) is 1.95. The lowest BCUT2D eigenvalue weighted by Gasteiger charge is -2.13. The molecule has 0 aromatic heterocycles. The standard InChI is InChI=1S/C12H11ClO4/c13-9-3-7(5-14)10-11(17-6-16-10)8(9)4-12(15)1-2-12/h3,5,15H,1-2,4,6H2. The molecular formula is C12H11ClO4. The number of fused-ring (bicyclic) bond motifs is 1. The van der Waals surface area contributed by atoms with Crippen LogP contribution in [0.25, 0.3) is 0 Å². The number of aldehydes is 1. The van der Waals surface area contributed by atoms with Crippen LogP contribution in [0.2, 0.25) is 5.02 Å². The SMILES string of the molecule is O=Cc1cc(Cl)c(CC2(O)CC2)c2c1OCO2. The fraction of sp³-hybridized carbons (Fsp3) is 0.417. The third-order valence-electron chi connectivity index (χ3n) is 3.18. The molecule has 0 saturated heterocycles. The van der Waals surface area contributed by atoms with Crippen LogP contribution in [0.5, 0.6) is 11.5 Å². The molecule has 1 saturated carbocycles. The second kappa shape index (κ2) is 3.62. The van der Waals surface area contributed by atoms with E-state index in [4.69, 9.17) is 21.1 Å². The summed E-state index contributed by atoms with van der Waals surface area (Å²) >= 11 is 6.12. The summed E-state index contributed by atoms with van der Waals surface area (Å²) in [6.07, 6.45) is 2.68. The molecule has 17 heavy (non-hydrogen) atoms. The van der Waals surface area contributed by atoms with Crippen molar-refractivity contribution in [2.45, 2.75) is 24.9 Å². The molecule has 0 spiro atoms. The van der Waals surface area contributed by atoms with E-state index in [2.05, 4.69) is 0 Å². The fourth-order valence-corrected chi connectivity index (χ4v) is 2.29. The van der Waals surface area contributed by atoms with Crippen LogP contribution in [0.15, 0.2) is 6.07 Å². The van der Waals surface area contributed by atoms with Crippen LogP contribution in [0.3, 0.4) is 0 Å². The van der Waals surface area contributed by atoms with Crippen molar-refractivity contribution in [1.82, 2.24) is 0 Å². The maximum Gasteiger partial charge on any atom is 0.231 e. The van der Waals surface area contributed by atoms with Crippen molar-refractivity contribution in [3.05, 3.63) is 22.2 Å². The van der Waals surface area contributed by atoms with Crippen LogP contribution < -0.4 is 9.47 Å². The van der Waals surface area contributed by atoms with Crippen LogP contribution in [0.1, 0.15) is 28.8 Å². The summed E-state index contributed by atoms with van der Waals surface area (Å²) in [5.41, 5.74) is 0.449. The summed E-state index contributed by atoms with van der Waals surface area (Å²) in [6, 6.07) is 1.56. The molecule has 1 aliphatic carbocycles. The highest BCUT2D eigenvalue weighted by Gasteiger charge is 2.42. The van der Waals surface area contributed by atoms with Crippen LogP contribution in [0.4, 0.5) is 0 Å². The third kappa shape index (κ3) is 1.77. The molecule has 2 aliphatic rings. The minimum absolute atomic E-state index is 0.0853. The van der Waals surface area contributed by atoms with E-state index >= 15 is 0 Å². The van der Waals surface area contributed by atoms with Gasteiger partial charge in [-0.25, -0.2) is 0 Å². The Kier molecular flexibility index (Phi) is 2.31. The average molecular weight is 255 g/mol. The summed E-state index contributed by atoms with van der Waals surface area (Å²) in [7, 11) is 0. The van der Waals surface area contributed by atoms with Crippen molar-refractivity contribution in [2.24, 2.45) is 0 Å². The van der Waals surface area contributed by atoms with Gasteiger partial charge in [0.2, 0.25) is 6.79 Å². The molecule has 1 aliphatic heterocycles. The van der Waals surface area contributed by atoms with Crippen LogP contribution in [-0.4, -0.2) is 23.8 Å². The molecule has 1 fully saturated rings. The van der Waals surface area contributed by atoms with Gasteiger partial charge in [-0.3, -0.25) is 4.79 Å². The highest BCUT2D eigenvalue weighted by molar-refractivity contribution is 6.32. The lowest BCUT2D eigenvalue weighted by atomic mass is 10.0. The zero-order valence-corrected chi connectivity index (χ0v) is 9.79. The third-order valence-corrected chi connectivity index (χ3v) is 3.52. The van der Waals surface area contributed by atoms with Gasteiger partial charge in [-0.1, -0.05) is 11.6 Å². The molecule has 0 atom stereocenters. The molecule has 3 rings (SSSR count). The normalized spacial score (nSPS) is 19.2. The number of rotatable bonds is 3. The molecule has 5 heteroatoms. The van der Waals surface area contributed by atoms with Crippen molar-refractivity contribution in [3.8, 4) is 11.5 Å². The van der Waals surface area contributed by atoms with E-state index in [1.807, 2.05) is 0 Å². The van der Waals surface area contributed by atoms with Crippen LogP contribution in [0, 0.1) is 0 Å². The number of ether oxygens (including phenoxy) is 2. The van der Waals surface area contributed by atoms with Crippen molar-refractivity contribution in [1.29, 1.82) is 0 Å². The van der Waals surface area contributed by atoms with Crippen molar-refractivity contribution >= 4 is 17.9 Å². The van der Waals surface area contributed by atoms with Gasteiger partial charge in [0, 0.05) is 17.0 Å². The smallest absolute Gasteiger partial charge is 0.231 e. The minimum Gasteiger partial charge on any atom is -0.453 e. The van der Waals surface area contributed by atoms with Gasteiger partial charge in [-0.2, -0.15) is 0 Å². The summed E-state index contributed by atoms with van der Waals surface area (Å²) in [6.45, 7) is 0.0853. The number of carbonyl (C=O) groups excluding carboxylic acids is 1. The van der Waals surface area contributed by atoms with Gasteiger partial charge in [-0.05, 0) is 18.9 Å². The molecule has 0 unspecified atom stereocenters. The highest BCUT2D eigenvalue weighted by atomic mass is 35.5. The first kappa shape index (κ1) is 10.9. The summed E-state index contributed by atoms with van der Waals surface area (Å²) < 4.78 is 10.6. The lowest BCUT2D eigenvalue weighted by Crippen LogP contribution is -2.12. The second-order valence-corrected chi connectivity index (χ2v) is 4.92. The Morgan fingerprint density at radius 2 is 2.12 bits per heavy atom. The van der Waals surface area contributed by atoms with E-state index in [1.165, 1.54) is 0 Å². The number of halogens is 1. The molecule has 90 valence electrons. The Balaban J connectivity index is 2.08. The molecule has 1 aromatic carbocycles. The maximum atomic E-state index is 10.9. The predicted molar refractivity (Wildman–Crippen MR) is 60.9 cm³/mol. The molecule has 1 N–H and O–H groups in total. The van der Waals surface area contributed by atoms with Gasteiger partial charge in [0.15, 0.2) is 17.8 Å². The Morgan fingerprint density at radius 3 is 2.76 bits per heavy atom. The molecule has 1 heterocycles. The molecule has 0 bridgehead atoms. The quantitative estimate of drug-likeness (QED) is 0.838. The summed E-state index contributed by atoms with van der Waals surface area (Å²) in [5, 5.41) is 10.4. The van der Waals surface area contributed by atoms with Gasteiger partial charge >= 0.3 is 0 Å². The fourth-order valence-electron chi connectivity index (χ4n) is 2.02. The Labute approximate surface area is 103 Å². The number of aliphatic hydroxyl groups is 1. The minimum atomic E-state index is -0.661. The van der Waals surface area contributed by atoms with E-state index in [-0.39, 0.29) is 6.79 Å². The summed E-state index contributed by atoms with van der Waals surface area (Å²) in [5.74, 6) is 0.934. The zero-order valence-electron chi connectivity index (χ0n) is 9.03. The van der Waals surface area contributed by atoms with Gasteiger partial charge in [0.25, 0.3) is 0 Å². The van der Waals surface area contributed by atoms with E-state index in [1.54, 1.807) is 6.07 Å².